The number of fused-ring (bicyclic) bond motifs is 2. The number of ether oxygens (including phenoxy) is 3. The number of carbonyl (C=O) groups is 1. The van der Waals surface area contributed by atoms with Crippen LogP contribution in [-0.2, 0) is 20.7 Å². The lowest BCUT2D eigenvalue weighted by Gasteiger charge is -2.41. The third-order valence-corrected chi connectivity index (χ3v) is 6.53. The Morgan fingerprint density at radius 3 is 2.69 bits per heavy atom. The fourth-order valence-electron chi connectivity index (χ4n) is 5.00. The Bertz CT molecular complexity index is 1060. The highest BCUT2D eigenvalue weighted by Gasteiger charge is 2.40. The van der Waals surface area contributed by atoms with Gasteiger partial charge < -0.3 is 19.3 Å². The molecule has 4 rings (SSSR count). The van der Waals surface area contributed by atoms with Crippen molar-refractivity contribution < 1.29 is 32.9 Å². The second kappa shape index (κ2) is 12.4. The van der Waals surface area contributed by atoms with E-state index in [1.807, 2.05) is 36.1 Å². The average molecular weight is 503 g/mol. The summed E-state index contributed by atoms with van der Waals surface area (Å²) >= 11 is 0. The van der Waals surface area contributed by atoms with Gasteiger partial charge >= 0.3 is 5.97 Å². The number of hydrogen-bond donors (Lipinski definition) is 1. The molecule has 2 heterocycles. The Balaban J connectivity index is 1.36. The summed E-state index contributed by atoms with van der Waals surface area (Å²) in [5.41, 5.74) is 5.65. The third kappa shape index (κ3) is 6.46. The Morgan fingerprint density at radius 1 is 1.14 bits per heavy atom. The summed E-state index contributed by atoms with van der Waals surface area (Å²) in [5, 5.41) is 8.51. The molecule has 0 saturated heterocycles. The summed E-state index contributed by atoms with van der Waals surface area (Å²) in [6.45, 7) is 2.88. The number of carboxylic acid groups (broad SMARTS) is 1. The summed E-state index contributed by atoms with van der Waals surface area (Å²) in [7, 11) is 0. The number of alkyl halides is 2. The van der Waals surface area contributed by atoms with Crippen molar-refractivity contribution in [1.29, 1.82) is 0 Å². The minimum Gasteiger partial charge on any atom is -0.490 e. The lowest BCUT2D eigenvalue weighted by molar-refractivity contribution is -0.142. The van der Waals surface area contributed by atoms with Crippen LogP contribution in [0.2, 0.25) is 0 Å². The molecule has 0 amide bonds. The first-order chi connectivity index (χ1) is 17.4. The number of nitrogens with zero attached hydrogens (tertiary/aromatic N) is 2. The average Bonchev–Trinajstić information content (AvgIpc) is 3.21. The number of hydrogen-bond acceptors (Lipinski definition) is 6. The molecule has 9 heteroatoms. The van der Waals surface area contributed by atoms with Gasteiger partial charge in [-0.3, -0.25) is 9.88 Å². The summed E-state index contributed by atoms with van der Waals surface area (Å²) < 4.78 is 43.2. The second-order valence-corrected chi connectivity index (χ2v) is 9.06. The van der Waals surface area contributed by atoms with Crippen molar-refractivity contribution in [2.24, 2.45) is 0 Å². The van der Waals surface area contributed by atoms with Crippen LogP contribution >= 0.6 is 0 Å². The van der Waals surface area contributed by atoms with Gasteiger partial charge in [0.25, 0.3) is 6.43 Å². The van der Waals surface area contributed by atoms with E-state index in [1.165, 1.54) is 16.7 Å². The lowest BCUT2D eigenvalue weighted by atomic mass is 9.87. The van der Waals surface area contributed by atoms with Gasteiger partial charge in [0.2, 0.25) is 0 Å². The molecule has 1 aromatic carbocycles. The van der Waals surface area contributed by atoms with E-state index < -0.39 is 12.4 Å². The van der Waals surface area contributed by atoms with Crippen LogP contribution in [0.1, 0.15) is 42.6 Å². The summed E-state index contributed by atoms with van der Waals surface area (Å²) in [5.74, 6) is -0.408. The molecule has 0 radical (unpaired) electrons. The van der Waals surface area contributed by atoms with Gasteiger partial charge in [0.15, 0.2) is 0 Å². The number of aliphatic carboxylic acids is 1. The van der Waals surface area contributed by atoms with Crippen LogP contribution in [0.3, 0.4) is 0 Å². The first-order valence-corrected chi connectivity index (χ1v) is 12.2. The molecule has 1 aromatic heterocycles. The van der Waals surface area contributed by atoms with Crippen molar-refractivity contribution in [1.82, 2.24) is 9.88 Å². The molecule has 194 valence electrons. The van der Waals surface area contributed by atoms with Crippen LogP contribution in [0.4, 0.5) is 8.78 Å². The maximum Gasteiger partial charge on any atom is 0.329 e. The number of pyridine rings is 1. The summed E-state index contributed by atoms with van der Waals surface area (Å²) in [6, 6.07) is 11.6. The molecule has 2 aromatic rings. The highest BCUT2D eigenvalue weighted by Crippen LogP contribution is 2.48. The normalized spacial score (nSPS) is 19.4. The van der Waals surface area contributed by atoms with E-state index in [1.54, 1.807) is 6.20 Å². The predicted octanol–water partition coefficient (Wildman–Crippen LogP) is 4.38. The number of halogens is 2. The van der Waals surface area contributed by atoms with Crippen LogP contribution in [0.25, 0.3) is 5.57 Å². The number of benzene rings is 1. The molecule has 7 nitrogen and oxygen atoms in total. The number of rotatable bonds is 13. The van der Waals surface area contributed by atoms with Gasteiger partial charge in [-0.2, -0.15) is 0 Å². The molecule has 36 heavy (non-hydrogen) atoms. The first-order valence-electron chi connectivity index (χ1n) is 12.2. The fourth-order valence-corrected chi connectivity index (χ4v) is 5.00. The molecule has 0 bridgehead atoms. The quantitative estimate of drug-likeness (QED) is 0.407. The van der Waals surface area contributed by atoms with Gasteiger partial charge in [-0.15, -0.1) is 0 Å². The minimum absolute atomic E-state index is 0.0293. The standard InChI is InChI=1S/C27H32F2N2O5/c1-18-13-22-21-6-3-2-5-19(21)14-23(22)27(31(18)16-25(28)29)24-8-7-20(15-30-24)36-12-11-34-9-4-10-35-17-26(32)33/h2-3,5-8,15,18,25,27H,4,9-14,16-17H2,1H3,(H,32,33)/t18-,27+/m1/s1. The molecule has 0 saturated carbocycles. The van der Waals surface area contributed by atoms with Crippen LogP contribution < -0.4 is 4.74 Å². The largest absolute Gasteiger partial charge is 0.490 e. The molecular formula is C27H32F2N2O5. The number of carboxylic acids is 1. The Morgan fingerprint density at radius 2 is 1.94 bits per heavy atom. The van der Waals surface area contributed by atoms with Crippen molar-refractivity contribution in [3.8, 4) is 5.75 Å². The van der Waals surface area contributed by atoms with E-state index in [-0.39, 0.29) is 25.2 Å². The van der Waals surface area contributed by atoms with Crippen molar-refractivity contribution in [2.45, 2.75) is 44.7 Å². The van der Waals surface area contributed by atoms with Gasteiger partial charge in [-0.25, -0.2) is 13.6 Å². The topological polar surface area (TPSA) is 81.1 Å². The summed E-state index contributed by atoms with van der Waals surface area (Å²) in [4.78, 5) is 16.9. The minimum atomic E-state index is -2.42. The number of aromatic nitrogens is 1. The van der Waals surface area contributed by atoms with Crippen molar-refractivity contribution in [2.75, 3.05) is 39.6 Å². The van der Waals surface area contributed by atoms with Crippen LogP contribution in [0.5, 0.6) is 5.75 Å². The van der Waals surface area contributed by atoms with Gasteiger partial charge in [-0.05, 0) is 60.6 Å². The summed E-state index contributed by atoms with van der Waals surface area (Å²) in [6.07, 6.45) is 1.31. The molecule has 1 aliphatic heterocycles. The molecular weight excluding hydrogens is 470 g/mol. The van der Waals surface area contributed by atoms with Crippen molar-refractivity contribution in [3.05, 3.63) is 65.0 Å². The highest BCUT2D eigenvalue weighted by atomic mass is 19.3. The molecule has 1 N–H and O–H groups in total. The molecule has 2 aliphatic rings. The molecule has 0 spiro atoms. The molecule has 0 unspecified atom stereocenters. The molecule has 0 fully saturated rings. The van der Waals surface area contributed by atoms with Gasteiger partial charge in [0.1, 0.15) is 19.0 Å². The molecule has 2 atom stereocenters. The maximum atomic E-state index is 13.5. The smallest absolute Gasteiger partial charge is 0.329 e. The van der Waals surface area contributed by atoms with Crippen LogP contribution in [0, 0.1) is 0 Å². The Kier molecular flexibility index (Phi) is 9.01. The predicted molar refractivity (Wildman–Crippen MR) is 130 cm³/mol. The van der Waals surface area contributed by atoms with E-state index in [4.69, 9.17) is 19.3 Å². The second-order valence-electron chi connectivity index (χ2n) is 9.06. The lowest BCUT2D eigenvalue weighted by Crippen LogP contribution is -2.43. The van der Waals surface area contributed by atoms with Gasteiger partial charge in [0.05, 0.1) is 31.1 Å². The van der Waals surface area contributed by atoms with E-state index in [0.29, 0.717) is 38.6 Å². The SMILES string of the molecule is C[C@@H]1CC2=C(Cc3ccccc32)[C@@H](c2ccc(OCCOCCCOCC(=O)O)cn2)N1CC(F)F. The highest BCUT2D eigenvalue weighted by molar-refractivity contribution is 5.78. The van der Waals surface area contributed by atoms with E-state index in [9.17, 15) is 13.6 Å². The zero-order chi connectivity index (χ0) is 25.5. The van der Waals surface area contributed by atoms with Crippen LogP contribution in [0.15, 0.2) is 48.2 Å². The third-order valence-electron chi connectivity index (χ3n) is 6.53. The zero-order valence-corrected chi connectivity index (χ0v) is 20.4. The maximum absolute atomic E-state index is 13.5. The van der Waals surface area contributed by atoms with Crippen LogP contribution in [-0.4, -0.2) is 73.0 Å². The Labute approximate surface area is 209 Å². The Hall–Kier alpha value is -2.88. The molecule has 1 aliphatic carbocycles. The zero-order valence-electron chi connectivity index (χ0n) is 20.4. The first kappa shape index (κ1) is 26.2. The van der Waals surface area contributed by atoms with Gasteiger partial charge in [0, 0.05) is 19.3 Å². The van der Waals surface area contributed by atoms with E-state index in [0.717, 1.165) is 24.1 Å². The monoisotopic (exact) mass is 502 g/mol. The van der Waals surface area contributed by atoms with Crippen molar-refractivity contribution in [3.63, 3.8) is 0 Å². The van der Waals surface area contributed by atoms with E-state index in [2.05, 4.69) is 17.1 Å². The van der Waals surface area contributed by atoms with Crippen molar-refractivity contribution >= 4 is 11.5 Å². The fraction of sp³-hybridized carbons (Fsp3) is 0.481. The van der Waals surface area contributed by atoms with E-state index >= 15 is 0 Å². The van der Waals surface area contributed by atoms with Gasteiger partial charge in [-0.1, -0.05) is 24.3 Å².